The van der Waals surface area contributed by atoms with Gasteiger partial charge in [-0.05, 0) is 93.2 Å². The number of aryl methyl sites for hydroxylation is 1. The second-order valence-corrected chi connectivity index (χ2v) is 10.9. The molecule has 1 saturated heterocycles. The Kier molecular flexibility index (Phi) is 8.31. The average molecular weight is 501 g/mol. The lowest BCUT2D eigenvalue weighted by molar-refractivity contribution is -0.00243. The van der Waals surface area contributed by atoms with Crippen molar-refractivity contribution in [2.75, 3.05) is 20.2 Å². The Balaban J connectivity index is 1.64. The zero-order valence-corrected chi connectivity index (χ0v) is 23.7. The van der Waals surface area contributed by atoms with Crippen molar-refractivity contribution in [2.24, 2.45) is 5.41 Å². The van der Waals surface area contributed by atoms with Crippen LogP contribution in [0.15, 0.2) is 72.0 Å². The molecular weight excluding hydrogens is 456 g/mol. The highest BCUT2D eigenvalue weighted by Gasteiger charge is 2.31. The van der Waals surface area contributed by atoms with E-state index in [1.54, 1.807) is 7.11 Å². The number of benzene rings is 1. The van der Waals surface area contributed by atoms with Crippen molar-refractivity contribution in [1.29, 1.82) is 0 Å². The minimum atomic E-state index is 0.257. The van der Waals surface area contributed by atoms with Gasteiger partial charge in [0, 0.05) is 25.0 Å². The van der Waals surface area contributed by atoms with Gasteiger partial charge in [-0.25, -0.2) is 4.98 Å². The molecule has 37 heavy (non-hydrogen) atoms. The Labute approximate surface area is 223 Å². The zero-order chi connectivity index (χ0) is 26.6. The Bertz CT molecular complexity index is 1210. The monoisotopic (exact) mass is 500 g/mol. The first-order valence-electron chi connectivity index (χ1n) is 13.8. The molecule has 0 N–H and O–H groups in total. The summed E-state index contributed by atoms with van der Waals surface area (Å²) < 4.78 is 7.77. The van der Waals surface area contributed by atoms with Crippen molar-refractivity contribution in [1.82, 2.24) is 19.6 Å². The van der Waals surface area contributed by atoms with Crippen LogP contribution in [-0.2, 0) is 0 Å². The van der Waals surface area contributed by atoms with Gasteiger partial charge in [-0.2, -0.15) is 0 Å². The number of imidazole rings is 1. The number of hydrazine groups is 1. The van der Waals surface area contributed by atoms with Crippen LogP contribution in [-0.4, -0.2) is 39.8 Å². The predicted molar refractivity (Wildman–Crippen MR) is 154 cm³/mol. The van der Waals surface area contributed by atoms with Crippen molar-refractivity contribution in [3.63, 3.8) is 0 Å². The van der Waals surface area contributed by atoms with Crippen LogP contribution in [0.3, 0.4) is 0 Å². The zero-order valence-electron chi connectivity index (χ0n) is 23.7. The molecular formula is C32H44N4O. The van der Waals surface area contributed by atoms with E-state index in [-0.39, 0.29) is 5.41 Å². The molecule has 2 aliphatic rings. The van der Waals surface area contributed by atoms with Crippen LogP contribution in [0.25, 0.3) is 11.8 Å². The van der Waals surface area contributed by atoms with Crippen molar-refractivity contribution in [3.05, 3.63) is 83.3 Å². The van der Waals surface area contributed by atoms with Crippen LogP contribution >= 0.6 is 0 Å². The van der Waals surface area contributed by atoms with E-state index >= 15 is 0 Å². The highest BCUT2D eigenvalue weighted by molar-refractivity contribution is 5.63. The van der Waals surface area contributed by atoms with Gasteiger partial charge in [0.1, 0.15) is 5.75 Å². The largest absolute Gasteiger partial charge is 0.495 e. The van der Waals surface area contributed by atoms with E-state index in [9.17, 15) is 0 Å². The molecule has 2 heterocycles. The minimum absolute atomic E-state index is 0.257. The van der Waals surface area contributed by atoms with Crippen molar-refractivity contribution >= 4 is 6.08 Å². The molecule has 0 saturated carbocycles. The molecule has 0 unspecified atom stereocenters. The van der Waals surface area contributed by atoms with E-state index in [2.05, 4.69) is 85.7 Å². The summed E-state index contributed by atoms with van der Waals surface area (Å²) in [6.45, 7) is 17.9. The third kappa shape index (κ3) is 6.03. The summed E-state index contributed by atoms with van der Waals surface area (Å²) in [5.74, 6) is 0.836. The second-order valence-electron chi connectivity index (χ2n) is 10.9. The first-order chi connectivity index (χ1) is 17.8. The molecule has 5 heteroatoms. The molecule has 198 valence electrons. The third-order valence-electron chi connectivity index (χ3n) is 8.23. The van der Waals surface area contributed by atoms with Gasteiger partial charge in [0.2, 0.25) is 0 Å². The van der Waals surface area contributed by atoms with Crippen LogP contribution < -0.4 is 4.74 Å². The maximum Gasteiger partial charge on any atom is 0.143 e. The topological polar surface area (TPSA) is 33.5 Å². The quantitative estimate of drug-likeness (QED) is 0.351. The van der Waals surface area contributed by atoms with Gasteiger partial charge in [0.05, 0.1) is 30.5 Å². The number of methoxy groups -OCH3 is 1. The maximum atomic E-state index is 5.76. The molecule has 1 aromatic heterocycles. The molecule has 0 spiro atoms. The highest BCUT2D eigenvalue weighted by Crippen LogP contribution is 2.37. The second kappa shape index (κ2) is 11.5. The fourth-order valence-electron chi connectivity index (χ4n) is 5.16. The molecule has 0 amide bonds. The Morgan fingerprint density at radius 1 is 1.14 bits per heavy atom. The number of rotatable bonds is 9. The number of allylic oxidation sites excluding steroid dienone is 5. The molecule has 1 aliphatic heterocycles. The standard InChI is InChI=1S/C32H44N4O/c1-8-32(6,9-2)22-36(29-15-12-24(3)13-16-29)35-18-10-11-28(26(35)5)19-27-14-17-30(31(20-27)37-7)34-21-25(4)33-23-34/h12,14-15,17,19-21,23H,5,8-11,13,16,18,22H2,1-4,6-7H3/b28-19+. The summed E-state index contributed by atoms with van der Waals surface area (Å²) in [5, 5.41) is 5.01. The fourth-order valence-corrected chi connectivity index (χ4v) is 5.16. The summed E-state index contributed by atoms with van der Waals surface area (Å²) >= 11 is 0. The van der Waals surface area contributed by atoms with Gasteiger partial charge in [-0.1, -0.05) is 45.1 Å². The molecule has 0 radical (unpaired) electrons. The SMILES string of the molecule is C=C1/C(=C/c2ccc(-n3cnc(C)c3)c(OC)c2)CCCN1N(CC(C)(CC)CC)C1=CC=C(C)CC1. The number of ether oxygens (including phenoxy) is 1. The number of hydrogen-bond donors (Lipinski definition) is 0. The van der Waals surface area contributed by atoms with E-state index in [0.717, 1.165) is 80.0 Å². The lowest BCUT2D eigenvalue weighted by atomic mass is 9.84. The molecule has 1 fully saturated rings. The van der Waals surface area contributed by atoms with Crippen molar-refractivity contribution < 1.29 is 4.74 Å². The van der Waals surface area contributed by atoms with Crippen molar-refractivity contribution in [3.8, 4) is 11.4 Å². The van der Waals surface area contributed by atoms with Crippen LogP contribution in [0.1, 0.15) is 77.5 Å². The highest BCUT2D eigenvalue weighted by atomic mass is 16.5. The van der Waals surface area contributed by atoms with Crippen LogP contribution in [0.4, 0.5) is 0 Å². The average Bonchev–Trinajstić information content (AvgIpc) is 3.35. The normalized spacial score (nSPS) is 17.6. The van der Waals surface area contributed by atoms with Gasteiger partial charge in [-0.3, -0.25) is 10.0 Å². The lowest BCUT2D eigenvalue weighted by Crippen LogP contribution is -2.48. The lowest BCUT2D eigenvalue weighted by Gasteiger charge is -2.47. The van der Waals surface area contributed by atoms with Gasteiger partial charge < -0.3 is 9.30 Å². The summed E-state index contributed by atoms with van der Waals surface area (Å²) in [4.78, 5) is 4.36. The van der Waals surface area contributed by atoms with E-state index < -0.39 is 0 Å². The number of aromatic nitrogens is 2. The molecule has 1 aliphatic carbocycles. The van der Waals surface area contributed by atoms with Gasteiger partial charge in [-0.15, -0.1) is 0 Å². The predicted octanol–water partition coefficient (Wildman–Crippen LogP) is 7.85. The molecule has 4 rings (SSSR count). The molecule has 0 bridgehead atoms. The summed E-state index contributed by atoms with van der Waals surface area (Å²) in [6.07, 6.45) is 17.4. The van der Waals surface area contributed by atoms with E-state index in [1.807, 2.05) is 24.0 Å². The van der Waals surface area contributed by atoms with Crippen LogP contribution in [0.5, 0.6) is 5.75 Å². The minimum Gasteiger partial charge on any atom is -0.495 e. The van der Waals surface area contributed by atoms with Crippen LogP contribution in [0.2, 0.25) is 0 Å². The van der Waals surface area contributed by atoms with Gasteiger partial charge >= 0.3 is 0 Å². The van der Waals surface area contributed by atoms with Gasteiger partial charge in [0.15, 0.2) is 0 Å². The Morgan fingerprint density at radius 2 is 1.92 bits per heavy atom. The first kappa shape index (κ1) is 26.8. The molecule has 0 atom stereocenters. The fraction of sp³-hybridized carbons (Fsp3) is 0.469. The molecule has 2 aromatic rings. The van der Waals surface area contributed by atoms with Crippen LogP contribution in [0, 0.1) is 12.3 Å². The summed E-state index contributed by atoms with van der Waals surface area (Å²) in [6, 6.07) is 6.38. The van der Waals surface area contributed by atoms with E-state index in [4.69, 9.17) is 4.74 Å². The Morgan fingerprint density at radius 3 is 2.54 bits per heavy atom. The Hall–Kier alpha value is -3.21. The summed E-state index contributed by atoms with van der Waals surface area (Å²) in [5.41, 5.74) is 8.63. The number of nitrogens with zero attached hydrogens (tertiary/aromatic N) is 4. The molecule has 5 nitrogen and oxygen atoms in total. The number of piperidine rings is 1. The van der Waals surface area contributed by atoms with E-state index in [0.29, 0.717) is 0 Å². The first-order valence-corrected chi connectivity index (χ1v) is 13.8. The smallest absolute Gasteiger partial charge is 0.143 e. The maximum absolute atomic E-state index is 5.76. The van der Waals surface area contributed by atoms with Crippen molar-refractivity contribution in [2.45, 2.75) is 73.1 Å². The van der Waals surface area contributed by atoms with Gasteiger partial charge in [0.25, 0.3) is 0 Å². The molecule has 1 aromatic carbocycles. The van der Waals surface area contributed by atoms with E-state index in [1.165, 1.54) is 16.8 Å². The third-order valence-corrected chi connectivity index (χ3v) is 8.23. The number of hydrogen-bond acceptors (Lipinski definition) is 4. The summed E-state index contributed by atoms with van der Waals surface area (Å²) in [7, 11) is 1.73.